The van der Waals surface area contributed by atoms with Gasteiger partial charge in [0.25, 0.3) is 5.91 Å². The molecule has 0 spiro atoms. The zero-order valence-electron chi connectivity index (χ0n) is 21.0. The fourth-order valence-corrected chi connectivity index (χ4v) is 5.51. The number of hydrogen-bond acceptors (Lipinski definition) is 9. The first-order chi connectivity index (χ1) is 17.6. The minimum absolute atomic E-state index is 0. The molecule has 0 radical (unpaired) electrons. The number of ether oxygens (including phenoxy) is 1. The predicted molar refractivity (Wildman–Crippen MR) is 128 cm³/mol. The number of thioether (sulfide) groups is 1. The molecule has 3 heterocycles. The Kier molecular flexibility index (Phi) is 9.46. The van der Waals surface area contributed by atoms with E-state index in [2.05, 4.69) is 10.6 Å². The molecule has 0 aliphatic carbocycles. The van der Waals surface area contributed by atoms with Crippen LogP contribution in [0, 0.1) is 0 Å². The molecule has 3 aliphatic rings. The minimum atomic E-state index is -1.57. The van der Waals surface area contributed by atoms with Gasteiger partial charge in [-0.05, 0) is 11.6 Å². The molecule has 3 aliphatic heterocycles. The summed E-state index contributed by atoms with van der Waals surface area (Å²) in [4.78, 5) is 76.6. The van der Waals surface area contributed by atoms with Crippen LogP contribution in [0.3, 0.4) is 0 Å². The molecule has 15 heteroatoms. The van der Waals surface area contributed by atoms with Crippen molar-refractivity contribution in [1.29, 1.82) is 0 Å². The second-order valence-electron chi connectivity index (χ2n) is 8.59. The standard InChI is InChI=1S/C23H25N5O8S.Na/c1-12(29)36-10-14-11-37-20-17(19(31)28(20)18(14)21(32)33)25-16(30)9-13-5-3-4-6-15(13)24-22(34)27-8-7-26(2)23(27)35;/h3-6,17,20H,7-11H2,1-2H3,(H,24,34)(H,25,30)(H,32,33);/q;+1/p-1/t17?,20-;/m1./s1. The van der Waals surface area contributed by atoms with E-state index in [0.717, 1.165) is 9.80 Å². The third-order valence-electron chi connectivity index (χ3n) is 6.08. The van der Waals surface area contributed by atoms with Crippen molar-refractivity contribution in [3.8, 4) is 0 Å². The van der Waals surface area contributed by atoms with E-state index in [-0.39, 0.29) is 66.2 Å². The molecule has 38 heavy (non-hydrogen) atoms. The number of carboxylic acids is 1. The van der Waals surface area contributed by atoms with Crippen LogP contribution in [0.2, 0.25) is 0 Å². The van der Waals surface area contributed by atoms with Crippen molar-refractivity contribution < 1.29 is 68.2 Å². The van der Waals surface area contributed by atoms with Crippen LogP contribution in [0.15, 0.2) is 35.5 Å². The third-order valence-corrected chi connectivity index (χ3v) is 7.42. The van der Waals surface area contributed by atoms with Crippen LogP contribution in [-0.2, 0) is 30.3 Å². The van der Waals surface area contributed by atoms with Gasteiger partial charge in [0.1, 0.15) is 18.0 Å². The molecule has 0 aromatic heterocycles. The van der Waals surface area contributed by atoms with Gasteiger partial charge in [0.2, 0.25) is 5.91 Å². The topological polar surface area (TPSA) is 168 Å². The normalized spacial score (nSPS) is 20.3. The summed E-state index contributed by atoms with van der Waals surface area (Å²) in [5.41, 5.74) is 0.695. The number of hydrogen-bond donors (Lipinski definition) is 2. The van der Waals surface area contributed by atoms with Gasteiger partial charge in [-0.15, -0.1) is 11.8 Å². The van der Waals surface area contributed by atoms with Crippen molar-refractivity contribution in [2.75, 3.05) is 37.8 Å². The molecule has 2 N–H and O–H groups in total. The Morgan fingerprint density at radius 2 is 1.87 bits per heavy atom. The molecular weight excluding hydrogens is 529 g/mol. The van der Waals surface area contributed by atoms with E-state index in [0.29, 0.717) is 17.8 Å². The molecule has 13 nitrogen and oxygen atoms in total. The van der Waals surface area contributed by atoms with Crippen molar-refractivity contribution in [3.05, 3.63) is 41.1 Å². The van der Waals surface area contributed by atoms with Crippen molar-refractivity contribution in [2.45, 2.75) is 24.8 Å². The van der Waals surface area contributed by atoms with Crippen LogP contribution in [0.4, 0.5) is 15.3 Å². The fourth-order valence-electron chi connectivity index (χ4n) is 4.18. The van der Waals surface area contributed by atoms with E-state index >= 15 is 0 Å². The molecular formula is C23H24N5NaO8S. The molecule has 1 aromatic carbocycles. The summed E-state index contributed by atoms with van der Waals surface area (Å²) in [6.07, 6.45) is -0.174. The molecule has 2 atom stereocenters. The predicted octanol–water partition coefficient (Wildman–Crippen LogP) is -3.90. The van der Waals surface area contributed by atoms with Crippen molar-refractivity contribution in [3.63, 3.8) is 0 Å². The quantitative estimate of drug-likeness (QED) is 0.195. The average Bonchev–Trinajstić information content (AvgIpc) is 3.19. The van der Waals surface area contributed by atoms with E-state index in [4.69, 9.17) is 4.74 Å². The summed E-state index contributed by atoms with van der Waals surface area (Å²) < 4.78 is 4.88. The number of carbonyl (C=O) groups is 6. The number of carboxylic acid groups (broad SMARTS) is 1. The van der Waals surface area contributed by atoms with Crippen LogP contribution in [-0.4, -0.2) is 94.4 Å². The number of nitrogens with zero attached hydrogens (tertiary/aromatic N) is 3. The monoisotopic (exact) mass is 553 g/mol. The van der Waals surface area contributed by atoms with E-state index in [1.807, 2.05) is 0 Å². The van der Waals surface area contributed by atoms with Gasteiger partial charge in [0.15, 0.2) is 0 Å². The first kappa shape index (κ1) is 29.5. The summed E-state index contributed by atoms with van der Waals surface area (Å²) in [6.45, 7) is 1.57. The molecule has 2 saturated heterocycles. The number of urea groups is 2. The Hall–Kier alpha value is -3.07. The zero-order valence-corrected chi connectivity index (χ0v) is 23.8. The Balaban J connectivity index is 0.00000400. The van der Waals surface area contributed by atoms with E-state index < -0.39 is 47.2 Å². The third kappa shape index (κ3) is 5.98. The van der Waals surface area contributed by atoms with Gasteiger partial charge in [0.05, 0.1) is 18.1 Å². The van der Waals surface area contributed by atoms with Crippen molar-refractivity contribution >= 4 is 53.3 Å². The maximum atomic E-state index is 12.8. The SMILES string of the molecule is CC(=O)OCC1=C(C(=O)[O-])N2C(=O)C(NC(=O)Cc3ccccc3NC(=O)N3CCN(C)C3=O)[C@H]2SC1.[Na+]. The van der Waals surface area contributed by atoms with Crippen LogP contribution in [0.25, 0.3) is 0 Å². The first-order valence-corrected chi connectivity index (χ1v) is 12.4. The van der Waals surface area contributed by atoms with E-state index in [1.165, 1.54) is 23.6 Å². The number of esters is 1. The molecule has 0 saturated carbocycles. The summed E-state index contributed by atoms with van der Waals surface area (Å²) >= 11 is 1.23. The van der Waals surface area contributed by atoms with Gasteiger partial charge in [0, 0.05) is 44.1 Å². The fraction of sp³-hybridized carbons (Fsp3) is 0.391. The largest absolute Gasteiger partial charge is 1.00 e. The molecule has 1 unspecified atom stereocenters. The van der Waals surface area contributed by atoms with Crippen LogP contribution in [0.5, 0.6) is 0 Å². The summed E-state index contributed by atoms with van der Waals surface area (Å²) in [6, 6.07) is 4.59. The number of para-hydroxylation sites is 1. The summed E-state index contributed by atoms with van der Waals surface area (Å²) in [7, 11) is 1.59. The number of imide groups is 1. The van der Waals surface area contributed by atoms with Gasteiger partial charge >= 0.3 is 47.6 Å². The number of amides is 6. The van der Waals surface area contributed by atoms with Crippen LogP contribution in [0.1, 0.15) is 12.5 Å². The smallest absolute Gasteiger partial charge is 0.543 e. The van der Waals surface area contributed by atoms with Crippen molar-refractivity contribution in [2.24, 2.45) is 0 Å². The molecule has 6 amide bonds. The zero-order chi connectivity index (χ0) is 26.9. The number of rotatable bonds is 7. The van der Waals surface area contributed by atoms with Crippen LogP contribution < -0.4 is 45.3 Å². The van der Waals surface area contributed by atoms with Gasteiger partial charge < -0.3 is 30.2 Å². The first-order valence-electron chi connectivity index (χ1n) is 11.3. The van der Waals surface area contributed by atoms with Crippen LogP contribution >= 0.6 is 11.8 Å². The van der Waals surface area contributed by atoms with E-state index in [1.54, 1.807) is 31.3 Å². The van der Waals surface area contributed by atoms with Gasteiger partial charge in [-0.2, -0.15) is 0 Å². The Morgan fingerprint density at radius 3 is 2.50 bits per heavy atom. The molecule has 2 fully saturated rings. The number of carbonyl (C=O) groups excluding carboxylic acids is 6. The second-order valence-corrected chi connectivity index (χ2v) is 9.70. The van der Waals surface area contributed by atoms with Crippen molar-refractivity contribution in [1.82, 2.24) is 20.0 Å². The Labute approximate surface area is 244 Å². The summed E-state index contributed by atoms with van der Waals surface area (Å²) in [5.74, 6) is -3.12. The number of anilines is 1. The number of nitrogens with one attached hydrogen (secondary N) is 2. The van der Waals surface area contributed by atoms with Gasteiger partial charge in [-0.3, -0.25) is 19.3 Å². The molecule has 1 aromatic rings. The molecule has 0 bridgehead atoms. The van der Waals surface area contributed by atoms with Gasteiger partial charge in [-0.1, -0.05) is 18.2 Å². The number of likely N-dealkylation sites (N-methyl/N-ethyl adjacent to an activating group) is 1. The number of β-lactam (4-membered cyclic amide) rings is 1. The number of aliphatic carboxylic acids is 1. The Morgan fingerprint density at radius 1 is 1.16 bits per heavy atom. The number of fused-ring (bicyclic) bond motifs is 1. The van der Waals surface area contributed by atoms with Gasteiger partial charge in [-0.25, -0.2) is 14.5 Å². The maximum Gasteiger partial charge on any atom is 1.00 e. The number of benzene rings is 1. The summed E-state index contributed by atoms with van der Waals surface area (Å²) in [5, 5.41) is 16.3. The Bertz CT molecular complexity index is 1220. The maximum absolute atomic E-state index is 12.8. The second kappa shape index (κ2) is 12.2. The molecule has 196 valence electrons. The average molecular weight is 554 g/mol. The molecule has 4 rings (SSSR count). The minimum Gasteiger partial charge on any atom is -0.543 e. The van der Waals surface area contributed by atoms with E-state index in [9.17, 15) is 33.9 Å².